The van der Waals surface area contributed by atoms with Crippen LogP contribution in [0.4, 0.5) is 0 Å². The minimum atomic E-state index is 0. The molecule has 0 spiro atoms. The molecule has 1 atom stereocenters. The summed E-state index contributed by atoms with van der Waals surface area (Å²) in [4.78, 5) is 18.1. The van der Waals surface area contributed by atoms with Crippen LogP contribution in [0.15, 0.2) is 128 Å². The number of pyridine rings is 4. The van der Waals surface area contributed by atoms with Gasteiger partial charge in [-0.15, -0.1) is 5.92 Å². The molecule has 0 aliphatic carbocycles. The third-order valence-electron chi connectivity index (χ3n) is 11.2. The number of rotatable bonds is 9. The van der Waals surface area contributed by atoms with Crippen LogP contribution in [-0.2, 0) is 47.6 Å². The Hall–Kier alpha value is -4.28. The van der Waals surface area contributed by atoms with E-state index in [9.17, 15) is 0 Å². The van der Waals surface area contributed by atoms with Gasteiger partial charge >= 0.3 is 19.5 Å². The van der Waals surface area contributed by atoms with Crippen LogP contribution >= 0.6 is 0 Å². The maximum atomic E-state index is 7.28. The smallest absolute Gasteiger partial charge is 0.705 e. The first-order chi connectivity index (χ1) is 30.7. The van der Waals surface area contributed by atoms with Crippen molar-refractivity contribution in [2.75, 3.05) is 0 Å². The van der Waals surface area contributed by atoms with Crippen LogP contribution in [0.2, 0.25) is 0 Å². The maximum Gasteiger partial charge on any atom is 2.00 e. The largest absolute Gasteiger partial charge is 2.00 e. The third-order valence-corrected chi connectivity index (χ3v) is 11.2. The van der Waals surface area contributed by atoms with Crippen LogP contribution in [0.1, 0.15) is 192 Å². The van der Waals surface area contributed by atoms with Crippen LogP contribution in [0, 0.1) is 23.2 Å². The van der Waals surface area contributed by atoms with Gasteiger partial charge in [-0.2, -0.15) is 13.1 Å². The second-order valence-corrected chi connectivity index (χ2v) is 23.8. The van der Waals surface area contributed by atoms with E-state index in [0.29, 0.717) is 5.92 Å². The topological polar surface area (TPSA) is 75.4 Å². The first-order valence-electron chi connectivity index (χ1n) is 24.5. The minimum Gasteiger partial charge on any atom is -0.705 e. The molecule has 0 saturated carbocycles. The second kappa shape index (κ2) is 27.8. The van der Waals surface area contributed by atoms with E-state index in [2.05, 4.69) is 252 Å². The molecule has 374 valence electrons. The number of nitrogens with zero attached hydrogens (tertiary/aromatic N) is 4. The van der Waals surface area contributed by atoms with Crippen molar-refractivity contribution in [3.8, 4) is 11.4 Å². The average Bonchev–Trinajstić information content (AvgIpc) is 3.22. The van der Waals surface area contributed by atoms with Gasteiger partial charge in [-0.1, -0.05) is 189 Å². The normalized spacial score (nSPS) is 13.5. The Morgan fingerprint density at radius 1 is 0.603 bits per heavy atom. The van der Waals surface area contributed by atoms with Crippen LogP contribution < -0.4 is 0 Å². The molecule has 5 nitrogen and oxygen atoms in total. The van der Waals surface area contributed by atoms with E-state index in [-0.39, 0.29) is 52.0 Å². The van der Waals surface area contributed by atoms with Crippen molar-refractivity contribution in [1.29, 1.82) is 0 Å². The van der Waals surface area contributed by atoms with Gasteiger partial charge < -0.3 is 12.2 Å². The van der Waals surface area contributed by atoms with Gasteiger partial charge in [0.05, 0.1) is 17.1 Å². The SMILES string of the molecule is C=C/C=C(\C=C(\c1cc(C(C)(C)C)ccn1)C(C)[CH-]C)C(C)(C)C.CC(C)(C)C(/C=C\[NH-])=C/Cc1cc(C(C)(C)C)ccn1.CC(C)(C)c1ccnc(-c2cc(C(C)(C)C)ccn2)c1.CCC.[Ru+2]. The zero-order valence-corrected chi connectivity index (χ0v) is 48.5. The van der Waals surface area contributed by atoms with E-state index >= 15 is 0 Å². The molecule has 0 fully saturated rings. The molecule has 0 aliphatic rings. The second-order valence-electron chi connectivity index (χ2n) is 23.8. The standard InChI is InChI=1S/C23H34N.C18H24N2.C18H27N2.C3H8.Ru/c1-10-12-18(22(4,5)6)15-20(17(3)11-2)21-16-19(13-14-24-21)23(7,8)9;1-17(2,3)13-7-9-19-15(11-13)16-12-14(8-10-20-16)18(4,5)6;1-17(2,3)14(9-11-19)7-8-16-13-15(10-12-20-16)18(4,5)6;1-3-2;/h10-17H,1H2,2-9H3;7-12H,1-6H3;7,9-13,19H,8H2,1-6H3;3H2,1-2H3;/q-1;;-1;;+2/b18-12+,20-15+;;11-9-,14-7+;;. The molecule has 68 heavy (non-hydrogen) atoms. The summed E-state index contributed by atoms with van der Waals surface area (Å²) >= 11 is 0. The Bertz CT molecular complexity index is 2190. The molecule has 0 saturated heterocycles. The molecule has 1 unspecified atom stereocenters. The minimum absolute atomic E-state index is 0. The molecule has 4 rings (SSSR count). The number of nitrogens with one attached hydrogen (secondary N) is 1. The van der Waals surface area contributed by atoms with Crippen molar-refractivity contribution < 1.29 is 19.5 Å². The van der Waals surface area contributed by atoms with E-state index in [1.54, 1.807) is 0 Å². The molecule has 4 aromatic rings. The Kier molecular flexibility index (Phi) is 26.0. The Balaban J connectivity index is 0.000000958. The van der Waals surface area contributed by atoms with Crippen molar-refractivity contribution in [3.05, 3.63) is 173 Å². The van der Waals surface area contributed by atoms with Crippen LogP contribution in [0.3, 0.4) is 0 Å². The van der Waals surface area contributed by atoms with Crippen molar-refractivity contribution in [3.63, 3.8) is 0 Å². The van der Waals surface area contributed by atoms with Crippen molar-refractivity contribution in [2.45, 2.75) is 187 Å². The summed E-state index contributed by atoms with van der Waals surface area (Å²) in [6.45, 7) is 52.3. The summed E-state index contributed by atoms with van der Waals surface area (Å²) in [5.74, 6) is 0.336. The first-order valence-corrected chi connectivity index (χ1v) is 24.5. The molecule has 0 amide bonds. The van der Waals surface area contributed by atoms with Crippen LogP contribution in [0.25, 0.3) is 22.7 Å². The van der Waals surface area contributed by atoms with E-state index in [0.717, 1.165) is 29.2 Å². The molecule has 6 heteroatoms. The predicted molar refractivity (Wildman–Crippen MR) is 296 cm³/mol. The predicted octanol–water partition coefficient (Wildman–Crippen LogP) is 18.4. The monoisotopic (exact) mass is 1010 g/mol. The van der Waals surface area contributed by atoms with Crippen molar-refractivity contribution >= 4 is 5.57 Å². The van der Waals surface area contributed by atoms with Gasteiger partial charge in [-0.05, 0) is 120 Å². The van der Waals surface area contributed by atoms with E-state index in [1.807, 2.05) is 36.9 Å². The molecule has 1 N–H and O–H groups in total. The number of hydrogen-bond acceptors (Lipinski definition) is 4. The van der Waals surface area contributed by atoms with E-state index in [4.69, 9.17) is 5.73 Å². The van der Waals surface area contributed by atoms with Gasteiger partial charge in [0, 0.05) is 36.9 Å². The van der Waals surface area contributed by atoms with Gasteiger partial charge in [0.25, 0.3) is 0 Å². The summed E-state index contributed by atoms with van der Waals surface area (Å²) in [6.07, 6.45) is 23.5. The van der Waals surface area contributed by atoms with Crippen LogP contribution in [0.5, 0.6) is 0 Å². The molecular formula is C62H93N5Ru. The number of hydrogen-bond donors (Lipinski definition) is 0. The van der Waals surface area contributed by atoms with Crippen molar-refractivity contribution in [1.82, 2.24) is 19.9 Å². The summed E-state index contributed by atoms with van der Waals surface area (Å²) in [7, 11) is 0. The average molecular weight is 1010 g/mol. The van der Waals surface area contributed by atoms with Crippen LogP contribution in [-0.4, -0.2) is 19.9 Å². The van der Waals surface area contributed by atoms with Crippen molar-refractivity contribution in [2.24, 2.45) is 16.7 Å². The van der Waals surface area contributed by atoms with Gasteiger partial charge in [-0.25, -0.2) is 0 Å². The molecule has 0 bridgehead atoms. The van der Waals surface area contributed by atoms with E-state index < -0.39 is 0 Å². The first kappa shape index (κ1) is 63.7. The summed E-state index contributed by atoms with van der Waals surface area (Å²) in [6, 6.07) is 17.1. The summed E-state index contributed by atoms with van der Waals surface area (Å²) < 4.78 is 0. The zero-order chi connectivity index (χ0) is 51.6. The Labute approximate surface area is 431 Å². The summed E-state index contributed by atoms with van der Waals surface area (Å²) in [5.41, 5.74) is 20.8. The van der Waals surface area contributed by atoms with Gasteiger partial charge in [0.15, 0.2) is 0 Å². The van der Waals surface area contributed by atoms with Gasteiger partial charge in [0.2, 0.25) is 0 Å². The van der Waals surface area contributed by atoms with E-state index in [1.165, 1.54) is 51.6 Å². The third kappa shape index (κ3) is 22.4. The quantitative estimate of drug-likeness (QED) is 0.0951. The molecule has 0 aliphatic heterocycles. The fourth-order valence-electron chi connectivity index (χ4n) is 6.54. The number of aromatic nitrogens is 4. The zero-order valence-electron chi connectivity index (χ0n) is 46.8. The molecular weight excluding hydrogens is 916 g/mol. The Morgan fingerprint density at radius 3 is 1.35 bits per heavy atom. The Morgan fingerprint density at radius 2 is 0.985 bits per heavy atom. The summed E-state index contributed by atoms with van der Waals surface area (Å²) in [5, 5.41) is 0. The molecule has 4 aromatic heterocycles. The maximum absolute atomic E-state index is 7.28. The van der Waals surface area contributed by atoms with Gasteiger partial charge in [0.1, 0.15) is 0 Å². The number of allylic oxidation sites excluding steroid dienone is 8. The molecule has 4 heterocycles. The molecule has 0 radical (unpaired) electrons. The van der Waals surface area contributed by atoms with Gasteiger partial charge in [-0.3, -0.25) is 19.9 Å². The fraction of sp³-hybridized carbons (Fsp3) is 0.500. The molecule has 0 aromatic carbocycles. The fourth-order valence-corrected chi connectivity index (χ4v) is 6.54.